The predicted molar refractivity (Wildman–Crippen MR) is 80.3 cm³/mol. The number of aliphatic carboxylic acids is 1. The van der Waals surface area contributed by atoms with E-state index in [1.54, 1.807) is 6.20 Å². The SMILES string of the molecule is CCn1cc(CC2(C(=O)O)CCCc3ccccc32)cn1. The van der Waals surface area contributed by atoms with E-state index < -0.39 is 11.4 Å². The van der Waals surface area contributed by atoms with E-state index >= 15 is 0 Å². The van der Waals surface area contributed by atoms with Crippen molar-refractivity contribution in [2.45, 2.75) is 44.6 Å². The van der Waals surface area contributed by atoms with Crippen LogP contribution in [0.1, 0.15) is 36.5 Å². The summed E-state index contributed by atoms with van der Waals surface area (Å²) in [6.07, 6.45) is 6.86. The third-order valence-electron chi connectivity index (χ3n) is 4.51. The molecule has 0 saturated heterocycles. The molecule has 0 saturated carbocycles. The van der Waals surface area contributed by atoms with Crippen molar-refractivity contribution in [1.29, 1.82) is 0 Å². The third-order valence-corrected chi connectivity index (χ3v) is 4.51. The van der Waals surface area contributed by atoms with Gasteiger partial charge in [-0.2, -0.15) is 5.10 Å². The number of fused-ring (bicyclic) bond motifs is 1. The van der Waals surface area contributed by atoms with Crippen LogP contribution < -0.4 is 0 Å². The number of aromatic nitrogens is 2. The highest BCUT2D eigenvalue weighted by Gasteiger charge is 2.43. The van der Waals surface area contributed by atoms with Gasteiger partial charge in [-0.05, 0) is 49.3 Å². The molecular formula is C17H20N2O2. The van der Waals surface area contributed by atoms with Gasteiger partial charge in [-0.25, -0.2) is 0 Å². The zero-order valence-electron chi connectivity index (χ0n) is 12.2. The summed E-state index contributed by atoms with van der Waals surface area (Å²) in [6.45, 7) is 2.83. The second kappa shape index (κ2) is 5.35. The van der Waals surface area contributed by atoms with E-state index in [0.29, 0.717) is 12.8 Å². The Labute approximate surface area is 124 Å². The first-order chi connectivity index (χ1) is 10.2. The number of nitrogens with zero attached hydrogens (tertiary/aromatic N) is 2. The number of benzene rings is 1. The quantitative estimate of drug-likeness (QED) is 0.939. The summed E-state index contributed by atoms with van der Waals surface area (Å²) in [4.78, 5) is 12.1. The predicted octanol–water partition coefficient (Wildman–Crippen LogP) is 2.80. The van der Waals surface area contributed by atoms with Gasteiger partial charge in [0.15, 0.2) is 0 Å². The first-order valence-corrected chi connectivity index (χ1v) is 7.49. The Balaban J connectivity index is 2.03. The molecular weight excluding hydrogens is 264 g/mol. The standard InChI is InChI=1S/C17H20N2O2/c1-2-19-12-13(11-18-19)10-17(16(20)21)9-5-7-14-6-3-4-8-15(14)17/h3-4,6,8,11-12H,2,5,7,9-10H2,1H3,(H,20,21). The summed E-state index contributed by atoms with van der Waals surface area (Å²) in [6, 6.07) is 7.97. The lowest BCUT2D eigenvalue weighted by Gasteiger charge is -2.35. The molecule has 4 nitrogen and oxygen atoms in total. The Morgan fingerprint density at radius 1 is 1.43 bits per heavy atom. The van der Waals surface area contributed by atoms with E-state index in [9.17, 15) is 9.90 Å². The Morgan fingerprint density at radius 2 is 2.24 bits per heavy atom. The number of rotatable bonds is 4. The highest BCUT2D eigenvalue weighted by atomic mass is 16.4. The topological polar surface area (TPSA) is 55.1 Å². The normalized spacial score (nSPS) is 21.0. The maximum absolute atomic E-state index is 12.1. The maximum Gasteiger partial charge on any atom is 0.314 e. The van der Waals surface area contributed by atoms with E-state index in [1.165, 1.54) is 5.56 Å². The van der Waals surface area contributed by atoms with Gasteiger partial charge < -0.3 is 5.11 Å². The van der Waals surface area contributed by atoms with Crippen molar-refractivity contribution in [1.82, 2.24) is 9.78 Å². The average Bonchev–Trinajstić information content (AvgIpc) is 2.95. The molecule has 1 aliphatic carbocycles. The third kappa shape index (κ3) is 2.35. The molecule has 4 heteroatoms. The summed E-state index contributed by atoms with van der Waals surface area (Å²) < 4.78 is 1.85. The molecule has 110 valence electrons. The number of carboxylic acids is 1. The zero-order chi connectivity index (χ0) is 14.9. The van der Waals surface area contributed by atoms with Crippen molar-refractivity contribution in [2.75, 3.05) is 0 Å². The second-order valence-corrected chi connectivity index (χ2v) is 5.78. The summed E-state index contributed by atoms with van der Waals surface area (Å²) in [5, 5.41) is 14.2. The van der Waals surface area contributed by atoms with E-state index in [1.807, 2.05) is 36.0 Å². The molecule has 0 fully saturated rings. The van der Waals surface area contributed by atoms with E-state index in [4.69, 9.17) is 0 Å². The Bertz CT molecular complexity index is 662. The fourth-order valence-corrected chi connectivity index (χ4v) is 3.42. The van der Waals surface area contributed by atoms with Crippen LogP contribution in [-0.4, -0.2) is 20.9 Å². The molecule has 1 unspecified atom stereocenters. The number of carboxylic acid groups (broad SMARTS) is 1. The largest absolute Gasteiger partial charge is 0.481 e. The van der Waals surface area contributed by atoms with Crippen molar-refractivity contribution >= 4 is 5.97 Å². The second-order valence-electron chi connectivity index (χ2n) is 5.78. The molecule has 1 aliphatic rings. The Morgan fingerprint density at radius 3 is 2.95 bits per heavy atom. The number of hydrogen-bond acceptors (Lipinski definition) is 2. The first kappa shape index (κ1) is 13.9. The minimum absolute atomic E-state index is 0.513. The fourth-order valence-electron chi connectivity index (χ4n) is 3.42. The molecule has 1 atom stereocenters. The molecule has 0 aliphatic heterocycles. The maximum atomic E-state index is 12.1. The van der Waals surface area contributed by atoms with Crippen LogP contribution in [0.5, 0.6) is 0 Å². The lowest BCUT2D eigenvalue weighted by Crippen LogP contribution is -2.41. The Hall–Kier alpha value is -2.10. The molecule has 0 spiro atoms. The van der Waals surface area contributed by atoms with Gasteiger partial charge in [0, 0.05) is 12.7 Å². The van der Waals surface area contributed by atoms with Crippen molar-refractivity contribution in [3.05, 3.63) is 53.3 Å². The summed E-state index contributed by atoms with van der Waals surface area (Å²) in [5.41, 5.74) is 2.34. The van der Waals surface area contributed by atoms with Gasteiger partial charge in [0.25, 0.3) is 0 Å². The van der Waals surface area contributed by atoms with Gasteiger partial charge in [-0.1, -0.05) is 24.3 Å². The lowest BCUT2D eigenvalue weighted by molar-refractivity contribution is -0.144. The van der Waals surface area contributed by atoms with Gasteiger partial charge in [0.2, 0.25) is 0 Å². The molecule has 0 amide bonds. The first-order valence-electron chi connectivity index (χ1n) is 7.49. The summed E-state index contributed by atoms with van der Waals surface area (Å²) in [5.74, 6) is -0.723. The smallest absolute Gasteiger partial charge is 0.314 e. The van der Waals surface area contributed by atoms with Crippen molar-refractivity contribution < 1.29 is 9.90 Å². The molecule has 2 aromatic rings. The minimum atomic E-state index is -0.809. The van der Waals surface area contributed by atoms with Crippen LogP contribution in [0.3, 0.4) is 0 Å². The van der Waals surface area contributed by atoms with Crippen LogP contribution in [-0.2, 0) is 29.6 Å². The molecule has 1 aromatic carbocycles. The molecule has 0 radical (unpaired) electrons. The summed E-state index contributed by atoms with van der Waals surface area (Å²) in [7, 11) is 0. The minimum Gasteiger partial charge on any atom is -0.481 e. The van der Waals surface area contributed by atoms with Gasteiger partial charge in [-0.3, -0.25) is 9.48 Å². The highest BCUT2D eigenvalue weighted by Crippen LogP contribution is 2.40. The molecule has 1 heterocycles. The van der Waals surface area contributed by atoms with Crippen molar-refractivity contribution in [3.63, 3.8) is 0 Å². The van der Waals surface area contributed by atoms with Gasteiger partial charge in [-0.15, -0.1) is 0 Å². The number of aryl methyl sites for hydroxylation is 2. The van der Waals surface area contributed by atoms with Crippen LogP contribution in [0.25, 0.3) is 0 Å². The van der Waals surface area contributed by atoms with E-state index in [0.717, 1.165) is 30.5 Å². The zero-order valence-corrected chi connectivity index (χ0v) is 12.2. The molecule has 1 aromatic heterocycles. The lowest BCUT2D eigenvalue weighted by atomic mass is 9.67. The highest BCUT2D eigenvalue weighted by molar-refractivity contribution is 5.83. The van der Waals surface area contributed by atoms with Gasteiger partial charge in [0.05, 0.1) is 11.6 Å². The van der Waals surface area contributed by atoms with Crippen LogP contribution in [0.15, 0.2) is 36.7 Å². The van der Waals surface area contributed by atoms with Crippen LogP contribution in [0.4, 0.5) is 0 Å². The van der Waals surface area contributed by atoms with Crippen molar-refractivity contribution in [3.8, 4) is 0 Å². The van der Waals surface area contributed by atoms with E-state index in [2.05, 4.69) is 11.2 Å². The summed E-state index contributed by atoms with van der Waals surface area (Å²) >= 11 is 0. The molecule has 21 heavy (non-hydrogen) atoms. The monoisotopic (exact) mass is 284 g/mol. The molecule has 1 N–H and O–H groups in total. The average molecular weight is 284 g/mol. The van der Waals surface area contributed by atoms with Crippen molar-refractivity contribution in [2.24, 2.45) is 0 Å². The fraction of sp³-hybridized carbons (Fsp3) is 0.412. The van der Waals surface area contributed by atoms with Crippen LogP contribution in [0.2, 0.25) is 0 Å². The number of hydrogen-bond donors (Lipinski definition) is 1. The van der Waals surface area contributed by atoms with Gasteiger partial charge >= 0.3 is 5.97 Å². The molecule has 3 rings (SSSR count). The van der Waals surface area contributed by atoms with E-state index in [-0.39, 0.29) is 0 Å². The van der Waals surface area contributed by atoms with Crippen LogP contribution in [0, 0.1) is 0 Å². The van der Waals surface area contributed by atoms with Crippen LogP contribution >= 0.6 is 0 Å². The molecule has 0 bridgehead atoms. The number of carbonyl (C=O) groups is 1. The Kier molecular flexibility index (Phi) is 3.53. The van der Waals surface area contributed by atoms with Gasteiger partial charge in [0.1, 0.15) is 0 Å².